The molecule has 0 atom stereocenters. The molecule has 0 aliphatic rings. The molecule has 1 aromatic carbocycles. The zero-order chi connectivity index (χ0) is 14.8. The van der Waals surface area contributed by atoms with E-state index in [4.69, 9.17) is 4.74 Å². The van der Waals surface area contributed by atoms with Gasteiger partial charge >= 0.3 is 5.97 Å². The normalized spacial score (nSPS) is 11.5. The second-order valence-corrected chi connectivity index (χ2v) is 5.69. The Morgan fingerprint density at radius 3 is 2.60 bits per heavy atom. The molecule has 20 heavy (non-hydrogen) atoms. The van der Waals surface area contributed by atoms with Crippen LogP contribution in [0.4, 0.5) is 0 Å². The maximum absolute atomic E-state index is 11.8. The van der Waals surface area contributed by atoms with Crippen LogP contribution in [0.1, 0.15) is 32.3 Å². The number of hydrogen-bond donors (Lipinski definition) is 0. The molecule has 0 aliphatic heterocycles. The van der Waals surface area contributed by atoms with Crippen molar-refractivity contribution in [3.8, 4) is 0 Å². The molecule has 0 unspecified atom stereocenters. The molecular weight excluding hydrogens is 248 g/mol. The maximum Gasteiger partial charge on any atom is 0.310 e. The quantitative estimate of drug-likeness (QED) is 0.520. The molecule has 108 valence electrons. The summed E-state index contributed by atoms with van der Waals surface area (Å²) in [5.74, 6) is -0.167. The second kappa shape index (κ2) is 8.36. The number of carbonyl (C=O) groups is 1. The first-order chi connectivity index (χ1) is 9.53. The SMILES string of the molecule is C=CC/C=C/CC(C)(C)COC(=O)Cc1ccccc1. The van der Waals surface area contributed by atoms with Crippen LogP contribution >= 0.6 is 0 Å². The van der Waals surface area contributed by atoms with E-state index in [1.54, 1.807) is 0 Å². The first-order valence-electron chi connectivity index (χ1n) is 6.99. The molecular formula is C18H24O2. The van der Waals surface area contributed by atoms with Crippen molar-refractivity contribution in [2.75, 3.05) is 6.61 Å². The number of esters is 1. The third-order valence-electron chi connectivity index (χ3n) is 2.96. The highest BCUT2D eigenvalue weighted by molar-refractivity contribution is 5.72. The van der Waals surface area contributed by atoms with Crippen molar-refractivity contribution >= 4 is 5.97 Å². The molecule has 0 radical (unpaired) electrons. The van der Waals surface area contributed by atoms with Gasteiger partial charge in [0.1, 0.15) is 0 Å². The lowest BCUT2D eigenvalue weighted by Crippen LogP contribution is -2.22. The summed E-state index contributed by atoms with van der Waals surface area (Å²) in [6.07, 6.45) is 8.17. The molecule has 0 heterocycles. The average molecular weight is 272 g/mol. The van der Waals surface area contributed by atoms with Crippen LogP contribution in [-0.4, -0.2) is 12.6 Å². The molecule has 0 fully saturated rings. The van der Waals surface area contributed by atoms with E-state index in [1.165, 1.54) is 0 Å². The maximum atomic E-state index is 11.8. The van der Waals surface area contributed by atoms with Gasteiger partial charge in [0.15, 0.2) is 0 Å². The van der Waals surface area contributed by atoms with Gasteiger partial charge in [-0.3, -0.25) is 4.79 Å². The Kier molecular flexibility index (Phi) is 6.78. The van der Waals surface area contributed by atoms with Crippen LogP contribution in [-0.2, 0) is 16.0 Å². The summed E-state index contributed by atoms with van der Waals surface area (Å²) < 4.78 is 5.37. The molecule has 0 amide bonds. The fourth-order valence-corrected chi connectivity index (χ4v) is 1.74. The van der Waals surface area contributed by atoms with E-state index in [0.717, 1.165) is 18.4 Å². The van der Waals surface area contributed by atoms with Crippen LogP contribution in [0, 0.1) is 5.41 Å². The fourth-order valence-electron chi connectivity index (χ4n) is 1.74. The monoisotopic (exact) mass is 272 g/mol. The number of rotatable bonds is 8. The molecule has 2 nitrogen and oxygen atoms in total. The molecule has 0 spiro atoms. The Balaban J connectivity index is 2.33. The molecule has 0 aliphatic carbocycles. The summed E-state index contributed by atoms with van der Waals surface area (Å²) in [5, 5.41) is 0. The van der Waals surface area contributed by atoms with Gasteiger partial charge in [0.25, 0.3) is 0 Å². The Bertz CT molecular complexity index is 444. The molecule has 0 saturated carbocycles. The van der Waals surface area contributed by atoms with Gasteiger partial charge in [0.05, 0.1) is 13.0 Å². The van der Waals surface area contributed by atoms with Crippen molar-refractivity contribution in [2.45, 2.75) is 33.1 Å². The lowest BCUT2D eigenvalue weighted by atomic mass is 9.90. The van der Waals surface area contributed by atoms with E-state index in [1.807, 2.05) is 36.4 Å². The molecule has 0 bridgehead atoms. The predicted octanol–water partition coefficient (Wildman–Crippen LogP) is 4.32. The smallest absolute Gasteiger partial charge is 0.310 e. The van der Waals surface area contributed by atoms with E-state index in [-0.39, 0.29) is 11.4 Å². The van der Waals surface area contributed by atoms with E-state index in [9.17, 15) is 4.79 Å². The van der Waals surface area contributed by atoms with Gasteiger partial charge in [0, 0.05) is 5.41 Å². The minimum absolute atomic E-state index is 0.0377. The van der Waals surface area contributed by atoms with Crippen molar-refractivity contribution in [2.24, 2.45) is 5.41 Å². The highest BCUT2D eigenvalue weighted by atomic mass is 16.5. The second-order valence-electron chi connectivity index (χ2n) is 5.69. The fraction of sp³-hybridized carbons (Fsp3) is 0.389. The largest absolute Gasteiger partial charge is 0.465 e. The van der Waals surface area contributed by atoms with E-state index < -0.39 is 0 Å². The van der Waals surface area contributed by atoms with Gasteiger partial charge in [-0.15, -0.1) is 6.58 Å². The van der Waals surface area contributed by atoms with Crippen LogP contribution < -0.4 is 0 Å². The summed E-state index contributed by atoms with van der Waals surface area (Å²) in [5.41, 5.74) is 0.950. The van der Waals surface area contributed by atoms with Crippen molar-refractivity contribution in [3.63, 3.8) is 0 Å². The van der Waals surface area contributed by atoms with E-state index in [0.29, 0.717) is 13.0 Å². The Hall–Kier alpha value is -1.83. The molecule has 0 N–H and O–H groups in total. The number of hydrogen-bond acceptors (Lipinski definition) is 2. The van der Waals surface area contributed by atoms with E-state index in [2.05, 4.69) is 32.6 Å². The van der Waals surface area contributed by atoms with Crippen molar-refractivity contribution in [3.05, 3.63) is 60.7 Å². The minimum Gasteiger partial charge on any atom is -0.465 e. The Labute approximate surface area is 122 Å². The van der Waals surface area contributed by atoms with Gasteiger partial charge in [-0.25, -0.2) is 0 Å². The first-order valence-corrected chi connectivity index (χ1v) is 6.99. The number of carbonyl (C=O) groups excluding carboxylic acids is 1. The Morgan fingerprint density at radius 1 is 1.25 bits per heavy atom. The number of ether oxygens (including phenoxy) is 1. The van der Waals surface area contributed by atoms with Gasteiger partial charge in [-0.1, -0.05) is 62.4 Å². The molecule has 2 heteroatoms. The molecule has 0 aromatic heterocycles. The predicted molar refractivity (Wildman–Crippen MR) is 83.5 cm³/mol. The van der Waals surface area contributed by atoms with Crippen molar-refractivity contribution in [1.82, 2.24) is 0 Å². The highest BCUT2D eigenvalue weighted by Gasteiger charge is 2.18. The van der Waals surface area contributed by atoms with Gasteiger partial charge in [-0.2, -0.15) is 0 Å². The third kappa shape index (κ3) is 6.93. The zero-order valence-corrected chi connectivity index (χ0v) is 12.5. The van der Waals surface area contributed by atoms with Crippen LogP contribution in [0.5, 0.6) is 0 Å². The standard InChI is InChI=1S/C18H24O2/c1-4-5-6-10-13-18(2,3)15-20-17(19)14-16-11-8-7-9-12-16/h4,6-12H,1,5,13-15H2,2-3H3/b10-6+. The highest BCUT2D eigenvalue weighted by Crippen LogP contribution is 2.21. The summed E-state index contributed by atoms with van der Waals surface area (Å²) in [6, 6.07) is 9.66. The third-order valence-corrected chi connectivity index (χ3v) is 2.96. The van der Waals surface area contributed by atoms with Crippen molar-refractivity contribution in [1.29, 1.82) is 0 Å². The zero-order valence-electron chi connectivity index (χ0n) is 12.5. The first kappa shape index (κ1) is 16.2. The number of benzene rings is 1. The van der Waals surface area contributed by atoms with Crippen LogP contribution in [0.3, 0.4) is 0 Å². The Morgan fingerprint density at radius 2 is 1.95 bits per heavy atom. The molecule has 1 aromatic rings. The summed E-state index contributed by atoms with van der Waals surface area (Å²) in [6.45, 7) is 8.31. The van der Waals surface area contributed by atoms with Crippen LogP contribution in [0.15, 0.2) is 55.1 Å². The number of allylic oxidation sites excluding steroid dienone is 3. The van der Waals surface area contributed by atoms with Gasteiger partial charge < -0.3 is 4.74 Å². The average Bonchev–Trinajstić information content (AvgIpc) is 2.43. The van der Waals surface area contributed by atoms with E-state index >= 15 is 0 Å². The van der Waals surface area contributed by atoms with Gasteiger partial charge in [-0.05, 0) is 18.4 Å². The van der Waals surface area contributed by atoms with Crippen LogP contribution in [0.25, 0.3) is 0 Å². The topological polar surface area (TPSA) is 26.3 Å². The van der Waals surface area contributed by atoms with Gasteiger partial charge in [0.2, 0.25) is 0 Å². The van der Waals surface area contributed by atoms with Crippen LogP contribution in [0.2, 0.25) is 0 Å². The van der Waals surface area contributed by atoms with Crippen molar-refractivity contribution < 1.29 is 9.53 Å². The summed E-state index contributed by atoms with van der Waals surface area (Å²) >= 11 is 0. The minimum atomic E-state index is -0.167. The molecule has 0 saturated heterocycles. The lowest BCUT2D eigenvalue weighted by molar-refractivity contribution is -0.145. The molecule has 1 rings (SSSR count). The summed E-state index contributed by atoms with van der Waals surface area (Å²) in [7, 11) is 0. The summed E-state index contributed by atoms with van der Waals surface area (Å²) in [4.78, 5) is 11.8. The lowest BCUT2D eigenvalue weighted by Gasteiger charge is -2.22.